The van der Waals surface area contributed by atoms with Crippen LogP contribution < -0.4 is 9.64 Å². The van der Waals surface area contributed by atoms with Crippen molar-refractivity contribution in [2.45, 2.75) is 6.61 Å². The number of benzene rings is 3. The Labute approximate surface area is 235 Å². The number of amides is 3. The summed E-state index contributed by atoms with van der Waals surface area (Å²) >= 11 is 0.791. The second-order valence-electron chi connectivity index (χ2n) is 9.22. The van der Waals surface area contributed by atoms with Crippen LogP contribution in [0.2, 0.25) is 0 Å². The maximum Gasteiger partial charge on any atom is 0.294 e. The van der Waals surface area contributed by atoms with Gasteiger partial charge in [-0.3, -0.25) is 29.4 Å². The molecule has 5 rings (SSSR count). The second kappa shape index (κ2) is 12.0. The zero-order valence-corrected chi connectivity index (χ0v) is 22.3. The maximum atomic E-state index is 13.1. The second-order valence-corrected chi connectivity index (χ2v) is 10.2. The summed E-state index contributed by atoms with van der Waals surface area (Å²) in [5.74, 6) is -0.292. The minimum atomic E-state index is -0.517. The van der Waals surface area contributed by atoms with Crippen molar-refractivity contribution in [3.8, 4) is 5.75 Å². The Morgan fingerprint density at radius 1 is 0.925 bits per heavy atom. The van der Waals surface area contributed by atoms with Crippen LogP contribution in [-0.2, 0) is 16.2 Å². The van der Waals surface area contributed by atoms with E-state index in [9.17, 15) is 24.5 Å². The first kappa shape index (κ1) is 26.9. The summed E-state index contributed by atoms with van der Waals surface area (Å²) in [7, 11) is 0. The van der Waals surface area contributed by atoms with Gasteiger partial charge >= 0.3 is 0 Å². The number of rotatable bonds is 8. The summed E-state index contributed by atoms with van der Waals surface area (Å²) in [6.45, 7) is 2.24. The van der Waals surface area contributed by atoms with E-state index in [2.05, 4.69) is 4.90 Å². The van der Waals surface area contributed by atoms with Crippen LogP contribution in [0.3, 0.4) is 0 Å². The van der Waals surface area contributed by atoms with Crippen molar-refractivity contribution in [2.24, 2.45) is 0 Å². The van der Waals surface area contributed by atoms with E-state index >= 15 is 0 Å². The quantitative estimate of drug-likeness (QED) is 0.225. The van der Waals surface area contributed by atoms with Gasteiger partial charge < -0.3 is 14.5 Å². The molecule has 0 saturated carbocycles. The van der Waals surface area contributed by atoms with E-state index in [0.29, 0.717) is 37.5 Å². The number of thioether (sulfide) groups is 1. The lowest BCUT2D eigenvalue weighted by Crippen LogP contribution is -2.51. The Morgan fingerprint density at radius 3 is 2.30 bits per heavy atom. The van der Waals surface area contributed by atoms with E-state index < -0.39 is 16.1 Å². The molecule has 204 valence electrons. The molecule has 0 aromatic heterocycles. The fourth-order valence-corrected chi connectivity index (χ4v) is 5.30. The lowest BCUT2D eigenvalue weighted by molar-refractivity contribution is -0.384. The summed E-state index contributed by atoms with van der Waals surface area (Å²) in [4.78, 5) is 54.2. The van der Waals surface area contributed by atoms with Crippen molar-refractivity contribution in [1.29, 1.82) is 0 Å². The number of carbonyl (C=O) groups excluding carboxylic acids is 3. The number of nitro groups is 1. The molecule has 0 N–H and O–H groups in total. The normalized spacial score (nSPS) is 16.5. The molecule has 0 radical (unpaired) electrons. The molecule has 3 aromatic rings. The molecule has 0 unspecified atom stereocenters. The van der Waals surface area contributed by atoms with Gasteiger partial charge in [0.1, 0.15) is 18.9 Å². The molecule has 0 spiro atoms. The largest absolute Gasteiger partial charge is 0.488 e. The third-order valence-electron chi connectivity index (χ3n) is 6.67. The number of ether oxygens (including phenoxy) is 1. The summed E-state index contributed by atoms with van der Waals surface area (Å²) in [6, 6.07) is 23.1. The molecule has 2 saturated heterocycles. The van der Waals surface area contributed by atoms with Crippen molar-refractivity contribution < 1.29 is 24.0 Å². The van der Waals surface area contributed by atoms with E-state index in [1.165, 1.54) is 12.1 Å². The molecule has 10 nitrogen and oxygen atoms in total. The minimum Gasteiger partial charge on any atom is -0.488 e. The van der Waals surface area contributed by atoms with Crippen molar-refractivity contribution in [2.75, 3.05) is 37.6 Å². The van der Waals surface area contributed by atoms with Crippen LogP contribution in [0, 0.1) is 10.1 Å². The van der Waals surface area contributed by atoms with Gasteiger partial charge in [-0.05, 0) is 53.7 Å². The molecular formula is C29H26N4O6S. The maximum absolute atomic E-state index is 13.1. The van der Waals surface area contributed by atoms with E-state index in [1.54, 1.807) is 47.4 Å². The van der Waals surface area contributed by atoms with Crippen molar-refractivity contribution >= 4 is 46.3 Å². The minimum absolute atomic E-state index is 0.00667. The number of imide groups is 1. The van der Waals surface area contributed by atoms with E-state index in [-0.39, 0.29) is 29.7 Å². The molecule has 2 aliphatic rings. The number of hydrogen-bond acceptors (Lipinski definition) is 8. The Bertz CT molecular complexity index is 1450. The predicted octanol–water partition coefficient (Wildman–Crippen LogP) is 4.56. The van der Waals surface area contributed by atoms with Gasteiger partial charge in [0.05, 0.1) is 9.83 Å². The predicted molar refractivity (Wildman–Crippen MR) is 152 cm³/mol. The average Bonchev–Trinajstić information content (AvgIpc) is 3.24. The van der Waals surface area contributed by atoms with Crippen LogP contribution in [0.1, 0.15) is 11.1 Å². The smallest absolute Gasteiger partial charge is 0.294 e. The van der Waals surface area contributed by atoms with Gasteiger partial charge in [0.25, 0.3) is 16.8 Å². The van der Waals surface area contributed by atoms with Crippen LogP contribution in [-0.4, -0.2) is 64.5 Å². The third kappa shape index (κ3) is 6.15. The number of nitrogens with zero attached hydrogens (tertiary/aromatic N) is 4. The van der Waals surface area contributed by atoms with Gasteiger partial charge in [-0.2, -0.15) is 0 Å². The molecular weight excluding hydrogens is 532 g/mol. The molecule has 0 atom stereocenters. The lowest BCUT2D eigenvalue weighted by atomic mass is 10.1. The number of carbonyl (C=O) groups is 3. The van der Waals surface area contributed by atoms with Crippen LogP contribution in [0.5, 0.6) is 5.75 Å². The van der Waals surface area contributed by atoms with Gasteiger partial charge in [0.15, 0.2) is 0 Å². The fraction of sp³-hybridized carbons (Fsp3) is 0.207. The molecule has 2 heterocycles. The molecule has 2 aliphatic heterocycles. The SMILES string of the molecule is O=C(CN1C(=O)S/C(=C\c2ccccc2OCc2ccc([N+](=O)[O-])cc2)C1=O)N1CCN(c2ccccc2)CC1. The van der Waals surface area contributed by atoms with Crippen LogP contribution >= 0.6 is 11.8 Å². The van der Waals surface area contributed by atoms with Gasteiger partial charge in [-0.25, -0.2) is 0 Å². The first-order valence-corrected chi connectivity index (χ1v) is 13.5. The highest BCUT2D eigenvalue weighted by Crippen LogP contribution is 2.34. The zero-order chi connectivity index (χ0) is 28.1. The lowest BCUT2D eigenvalue weighted by Gasteiger charge is -2.36. The number of hydrogen-bond donors (Lipinski definition) is 0. The van der Waals surface area contributed by atoms with Crippen LogP contribution in [0.25, 0.3) is 6.08 Å². The molecule has 11 heteroatoms. The van der Waals surface area contributed by atoms with Crippen LogP contribution in [0.15, 0.2) is 83.8 Å². The Hall–Kier alpha value is -4.64. The average molecular weight is 559 g/mol. The first-order chi connectivity index (χ1) is 19.4. The summed E-state index contributed by atoms with van der Waals surface area (Å²) in [5, 5.41) is 10.4. The monoisotopic (exact) mass is 558 g/mol. The fourth-order valence-electron chi connectivity index (χ4n) is 4.47. The zero-order valence-electron chi connectivity index (χ0n) is 21.5. The summed E-state index contributed by atoms with van der Waals surface area (Å²) < 4.78 is 5.91. The summed E-state index contributed by atoms with van der Waals surface area (Å²) in [6.07, 6.45) is 1.58. The third-order valence-corrected chi connectivity index (χ3v) is 7.58. The Kier molecular flexibility index (Phi) is 8.11. The van der Waals surface area contributed by atoms with E-state index in [4.69, 9.17) is 4.74 Å². The topological polar surface area (TPSA) is 113 Å². The van der Waals surface area contributed by atoms with Crippen molar-refractivity contribution in [3.05, 3.63) is 105 Å². The molecule has 0 bridgehead atoms. The molecule has 0 aliphatic carbocycles. The highest BCUT2D eigenvalue weighted by Gasteiger charge is 2.37. The Morgan fingerprint density at radius 2 is 1.60 bits per heavy atom. The number of nitro benzene ring substituents is 1. The molecule has 2 fully saturated rings. The van der Waals surface area contributed by atoms with Crippen molar-refractivity contribution in [1.82, 2.24) is 9.80 Å². The van der Waals surface area contributed by atoms with Gasteiger partial charge in [0.2, 0.25) is 5.91 Å². The molecule has 3 aromatic carbocycles. The highest BCUT2D eigenvalue weighted by atomic mass is 32.2. The van der Waals surface area contributed by atoms with Gasteiger partial charge in [-0.15, -0.1) is 0 Å². The molecule has 3 amide bonds. The highest BCUT2D eigenvalue weighted by molar-refractivity contribution is 8.18. The van der Waals surface area contributed by atoms with Crippen LogP contribution in [0.4, 0.5) is 16.2 Å². The summed E-state index contributed by atoms with van der Waals surface area (Å²) in [5.41, 5.74) is 2.43. The number of anilines is 1. The number of piperazine rings is 1. The number of para-hydroxylation sites is 2. The van der Waals surface area contributed by atoms with E-state index in [0.717, 1.165) is 27.9 Å². The van der Waals surface area contributed by atoms with E-state index in [1.807, 2.05) is 30.3 Å². The standard InChI is InChI=1S/C29H26N4O6S/c34-27(31-16-14-30(15-17-31)23-7-2-1-3-8-23)19-32-28(35)26(40-29(32)36)18-22-6-4-5-9-25(22)39-20-21-10-12-24(13-11-21)33(37)38/h1-13,18H,14-17,19-20H2/b26-18-. The molecule has 40 heavy (non-hydrogen) atoms. The first-order valence-electron chi connectivity index (χ1n) is 12.7. The van der Waals surface area contributed by atoms with Gasteiger partial charge in [0, 0.05) is 49.6 Å². The van der Waals surface area contributed by atoms with Gasteiger partial charge in [-0.1, -0.05) is 36.4 Å². The van der Waals surface area contributed by atoms with Crippen molar-refractivity contribution in [3.63, 3.8) is 0 Å². The number of non-ortho nitro benzene ring substituents is 1. The Balaban J connectivity index is 1.20.